The van der Waals surface area contributed by atoms with Crippen LogP contribution in [0.1, 0.15) is 30.9 Å². The summed E-state index contributed by atoms with van der Waals surface area (Å²) in [6, 6.07) is 13.0. The highest BCUT2D eigenvalue weighted by Crippen LogP contribution is 2.33. The van der Waals surface area contributed by atoms with E-state index in [-0.39, 0.29) is 10.5 Å². The zero-order valence-electron chi connectivity index (χ0n) is 22.8. The van der Waals surface area contributed by atoms with Gasteiger partial charge >= 0.3 is 11.3 Å². The zero-order valence-corrected chi connectivity index (χ0v) is 23.6. The number of thioether (sulfide) groups is 1. The van der Waals surface area contributed by atoms with Crippen LogP contribution in [0.3, 0.4) is 0 Å². The summed E-state index contributed by atoms with van der Waals surface area (Å²) in [5.41, 5.74) is 3.23. The standard InChI is InChI=1S/C28H37N5O5S/c1-4-25-26(21-8-11-23(36-2)24(18-21)37-3)31-33(28(35)39-25)19-20-6-9-22(10-7-20)30-27(34)38-17-5-14-32-15-12-29-13-16-32/h6-11,18,25,29H,4-5,12-17,19H2,1-3H3,(H,30,34). The van der Waals surface area contributed by atoms with Crippen molar-refractivity contribution in [1.29, 1.82) is 0 Å². The van der Waals surface area contributed by atoms with E-state index in [0.717, 1.165) is 62.4 Å². The molecule has 0 aromatic heterocycles. The quantitative estimate of drug-likeness (QED) is 0.393. The number of methoxy groups -OCH3 is 2. The molecule has 0 radical (unpaired) electrons. The number of rotatable bonds is 11. The van der Waals surface area contributed by atoms with E-state index in [2.05, 4.69) is 15.5 Å². The molecule has 2 aliphatic rings. The summed E-state index contributed by atoms with van der Waals surface area (Å²) >= 11 is 1.27. The minimum Gasteiger partial charge on any atom is -0.493 e. The lowest BCUT2D eigenvalue weighted by Crippen LogP contribution is -2.43. The Morgan fingerprint density at radius 1 is 1.10 bits per heavy atom. The Labute approximate surface area is 234 Å². The summed E-state index contributed by atoms with van der Waals surface area (Å²) in [7, 11) is 3.19. The smallest absolute Gasteiger partial charge is 0.411 e. The van der Waals surface area contributed by atoms with Crippen molar-refractivity contribution in [1.82, 2.24) is 15.2 Å². The van der Waals surface area contributed by atoms with E-state index in [1.807, 2.05) is 37.3 Å². The van der Waals surface area contributed by atoms with Crippen molar-refractivity contribution in [2.75, 3.05) is 58.9 Å². The van der Waals surface area contributed by atoms with Crippen LogP contribution in [-0.4, -0.2) is 85.8 Å². The molecule has 4 rings (SSSR count). The number of carbonyl (C=O) groups is 2. The molecule has 1 unspecified atom stereocenters. The fraction of sp³-hybridized carbons (Fsp3) is 0.464. The maximum absolute atomic E-state index is 12.9. The molecule has 1 fully saturated rings. The Balaban J connectivity index is 1.33. The molecule has 2 heterocycles. The molecule has 2 aromatic rings. The van der Waals surface area contributed by atoms with Crippen molar-refractivity contribution in [3.8, 4) is 11.5 Å². The van der Waals surface area contributed by atoms with Crippen molar-refractivity contribution in [3.63, 3.8) is 0 Å². The number of ether oxygens (including phenoxy) is 3. The van der Waals surface area contributed by atoms with Crippen LogP contribution in [-0.2, 0) is 11.3 Å². The normalized spacial score (nSPS) is 17.9. The summed E-state index contributed by atoms with van der Waals surface area (Å²) < 4.78 is 16.1. The van der Waals surface area contributed by atoms with Gasteiger partial charge in [-0.15, -0.1) is 0 Å². The lowest BCUT2D eigenvalue weighted by molar-refractivity contribution is 0.149. The van der Waals surface area contributed by atoms with Gasteiger partial charge in [-0.1, -0.05) is 30.8 Å². The Morgan fingerprint density at radius 3 is 2.54 bits per heavy atom. The molecular formula is C28H37N5O5S. The molecule has 2 aromatic carbocycles. The topological polar surface area (TPSA) is 105 Å². The van der Waals surface area contributed by atoms with Gasteiger partial charge in [0.1, 0.15) is 0 Å². The Morgan fingerprint density at radius 2 is 1.85 bits per heavy atom. The molecule has 2 amide bonds. The monoisotopic (exact) mass is 555 g/mol. The van der Waals surface area contributed by atoms with Gasteiger partial charge in [0.05, 0.1) is 38.3 Å². The van der Waals surface area contributed by atoms with Crippen molar-refractivity contribution >= 4 is 34.5 Å². The first kappa shape index (κ1) is 28.7. The molecule has 0 bridgehead atoms. The van der Waals surface area contributed by atoms with E-state index in [1.165, 1.54) is 16.8 Å². The molecule has 0 spiro atoms. The second kappa shape index (κ2) is 14.2. The third-order valence-electron chi connectivity index (χ3n) is 6.63. The SMILES string of the molecule is CCC1SC(=O)N(Cc2ccc(NC(=O)OCCCN3CCNCC3)cc2)N=C1c1ccc(OC)c(OC)c1. The summed E-state index contributed by atoms with van der Waals surface area (Å²) in [6.45, 7) is 7.73. The van der Waals surface area contributed by atoms with Gasteiger partial charge in [0.15, 0.2) is 11.5 Å². The Hall–Kier alpha value is -3.28. The third kappa shape index (κ3) is 7.87. The van der Waals surface area contributed by atoms with Crippen LogP contribution in [0.4, 0.5) is 15.3 Å². The fourth-order valence-corrected chi connectivity index (χ4v) is 5.43. The number of nitrogens with one attached hydrogen (secondary N) is 2. The lowest BCUT2D eigenvalue weighted by Gasteiger charge is -2.28. The van der Waals surface area contributed by atoms with Gasteiger partial charge in [0, 0.05) is 44.0 Å². The third-order valence-corrected chi connectivity index (χ3v) is 7.88. The Bertz CT molecular complexity index is 1150. The highest BCUT2D eigenvalue weighted by Gasteiger charge is 2.30. The number of amides is 2. The average molecular weight is 556 g/mol. The average Bonchev–Trinajstić information content (AvgIpc) is 2.97. The van der Waals surface area contributed by atoms with Crippen molar-refractivity contribution in [2.24, 2.45) is 5.10 Å². The summed E-state index contributed by atoms with van der Waals surface area (Å²) in [5, 5.41) is 12.2. The number of anilines is 1. The van der Waals surface area contributed by atoms with Gasteiger partial charge < -0.3 is 24.4 Å². The molecule has 0 saturated carbocycles. The molecule has 0 aliphatic carbocycles. The number of hydrogen-bond donors (Lipinski definition) is 2. The first-order valence-corrected chi connectivity index (χ1v) is 14.1. The first-order valence-electron chi connectivity index (χ1n) is 13.3. The maximum atomic E-state index is 12.9. The van der Waals surface area contributed by atoms with Crippen LogP contribution in [0, 0.1) is 0 Å². The molecule has 39 heavy (non-hydrogen) atoms. The number of carbonyl (C=O) groups excluding carboxylic acids is 2. The molecule has 1 atom stereocenters. The van der Waals surface area contributed by atoms with Crippen LogP contribution < -0.4 is 20.1 Å². The highest BCUT2D eigenvalue weighted by molar-refractivity contribution is 8.14. The highest BCUT2D eigenvalue weighted by atomic mass is 32.2. The van der Waals surface area contributed by atoms with Crippen LogP contribution in [0.2, 0.25) is 0 Å². The van der Waals surface area contributed by atoms with Gasteiger partial charge in [-0.2, -0.15) is 5.10 Å². The summed E-state index contributed by atoms with van der Waals surface area (Å²) in [4.78, 5) is 27.4. The molecule has 2 N–H and O–H groups in total. The molecule has 11 heteroatoms. The zero-order chi connectivity index (χ0) is 27.6. The van der Waals surface area contributed by atoms with Crippen molar-refractivity contribution < 1.29 is 23.8 Å². The number of benzene rings is 2. The van der Waals surface area contributed by atoms with Crippen LogP contribution in [0.5, 0.6) is 11.5 Å². The van der Waals surface area contributed by atoms with E-state index >= 15 is 0 Å². The number of nitrogens with zero attached hydrogens (tertiary/aromatic N) is 3. The van der Waals surface area contributed by atoms with Crippen LogP contribution in [0.25, 0.3) is 0 Å². The molecule has 1 saturated heterocycles. The van der Waals surface area contributed by atoms with Crippen molar-refractivity contribution in [3.05, 3.63) is 53.6 Å². The largest absolute Gasteiger partial charge is 0.493 e. The molecule has 2 aliphatic heterocycles. The second-order valence-electron chi connectivity index (χ2n) is 9.30. The van der Waals surface area contributed by atoms with Gasteiger partial charge in [0.2, 0.25) is 0 Å². The van der Waals surface area contributed by atoms with Crippen LogP contribution >= 0.6 is 11.8 Å². The summed E-state index contributed by atoms with van der Waals surface area (Å²) in [6.07, 6.45) is 1.10. The number of piperazine rings is 1. The molecule has 10 nitrogen and oxygen atoms in total. The lowest BCUT2D eigenvalue weighted by atomic mass is 10.0. The number of hydrogen-bond acceptors (Lipinski definition) is 9. The van der Waals surface area contributed by atoms with E-state index < -0.39 is 6.09 Å². The fourth-order valence-electron chi connectivity index (χ4n) is 4.50. The van der Waals surface area contributed by atoms with Gasteiger partial charge in [-0.3, -0.25) is 10.1 Å². The van der Waals surface area contributed by atoms with Gasteiger partial charge in [-0.05, 0) is 48.7 Å². The predicted octanol–water partition coefficient (Wildman–Crippen LogP) is 4.40. The Kier molecular flexibility index (Phi) is 10.5. The van der Waals surface area contributed by atoms with E-state index in [0.29, 0.717) is 30.3 Å². The minimum atomic E-state index is -0.472. The summed E-state index contributed by atoms with van der Waals surface area (Å²) in [5.74, 6) is 1.25. The molecular weight excluding hydrogens is 518 g/mol. The number of hydrazone groups is 1. The maximum Gasteiger partial charge on any atom is 0.411 e. The van der Waals surface area contributed by atoms with E-state index in [1.54, 1.807) is 26.4 Å². The van der Waals surface area contributed by atoms with Crippen LogP contribution in [0.15, 0.2) is 47.6 Å². The minimum absolute atomic E-state index is 0.0544. The van der Waals surface area contributed by atoms with Gasteiger partial charge in [-0.25, -0.2) is 9.80 Å². The predicted molar refractivity (Wildman–Crippen MR) is 154 cm³/mol. The van der Waals surface area contributed by atoms with Gasteiger partial charge in [0.25, 0.3) is 0 Å². The first-order chi connectivity index (χ1) is 19.0. The molecule has 210 valence electrons. The van der Waals surface area contributed by atoms with E-state index in [9.17, 15) is 9.59 Å². The van der Waals surface area contributed by atoms with Crippen molar-refractivity contribution in [2.45, 2.75) is 31.6 Å². The second-order valence-corrected chi connectivity index (χ2v) is 10.5. The van der Waals surface area contributed by atoms with E-state index in [4.69, 9.17) is 19.3 Å².